The van der Waals surface area contributed by atoms with Gasteiger partial charge in [0.15, 0.2) is 0 Å². The van der Waals surface area contributed by atoms with Crippen LogP contribution in [-0.4, -0.2) is 31.3 Å². The Bertz CT molecular complexity index is 227. The van der Waals surface area contributed by atoms with E-state index in [1.165, 1.54) is 0 Å². The first-order valence-corrected chi connectivity index (χ1v) is 5.09. The monoisotopic (exact) mass is 219 g/mol. The summed E-state index contributed by atoms with van der Waals surface area (Å²) in [5, 5.41) is 2.76. The van der Waals surface area contributed by atoms with Crippen molar-refractivity contribution in [2.45, 2.75) is 46.3 Å². The van der Waals surface area contributed by atoms with Crippen LogP contribution in [0.4, 0.5) is 4.39 Å². The summed E-state index contributed by atoms with van der Waals surface area (Å²) in [4.78, 5) is 11.7. The van der Waals surface area contributed by atoms with Crippen LogP contribution in [0, 0.1) is 5.41 Å². The molecule has 1 atom stereocenters. The molecule has 0 rings (SSSR count). The number of carbonyl (C=O) groups excluding carboxylic acids is 1. The summed E-state index contributed by atoms with van der Waals surface area (Å²) in [6, 6.07) is -0.166. The van der Waals surface area contributed by atoms with Crippen molar-refractivity contribution in [3.63, 3.8) is 0 Å². The van der Waals surface area contributed by atoms with Gasteiger partial charge < -0.3 is 10.1 Å². The quantitative estimate of drug-likeness (QED) is 0.767. The van der Waals surface area contributed by atoms with Crippen LogP contribution < -0.4 is 5.32 Å². The van der Waals surface area contributed by atoms with Gasteiger partial charge in [-0.2, -0.15) is 0 Å². The van der Waals surface area contributed by atoms with Gasteiger partial charge in [-0.3, -0.25) is 4.79 Å². The Morgan fingerprint density at radius 3 is 2.20 bits per heavy atom. The molecule has 0 saturated carbocycles. The van der Waals surface area contributed by atoms with E-state index in [4.69, 9.17) is 4.74 Å². The van der Waals surface area contributed by atoms with E-state index in [-0.39, 0.29) is 11.9 Å². The number of nitrogens with one attached hydrogen (secondary N) is 1. The maximum Gasteiger partial charge on any atom is 0.228 e. The van der Waals surface area contributed by atoms with Crippen molar-refractivity contribution in [1.82, 2.24) is 5.32 Å². The molecule has 0 saturated heterocycles. The van der Waals surface area contributed by atoms with Gasteiger partial charge >= 0.3 is 0 Å². The van der Waals surface area contributed by atoms with Crippen molar-refractivity contribution >= 4 is 5.91 Å². The first kappa shape index (κ1) is 14.4. The molecule has 90 valence electrons. The largest absolute Gasteiger partial charge is 0.377 e. The Kier molecular flexibility index (Phi) is 4.71. The molecule has 0 aliphatic carbocycles. The molecule has 0 unspecified atom stereocenters. The summed E-state index contributed by atoms with van der Waals surface area (Å²) < 4.78 is 17.8. The van der Waals surface area contributed by atoms with Crippen molar-refractivity contribution in [2.75, 3.05) is 13.8 Å². The van der Waals surface area contributed by atoms with Gasteiger partial charge in [-0.25, -0.2) is 4.39 Å². The van der Waals surface area contributed by atoms with Gasteiger partial charge in [-0.15, -0.1) is 0 Å². The summed E-state index contributed by atoms with van der Waals surface area (Å²) in [6.07, 6.45) is 0. The summed E-state index contributed by atoms with van der Waals surface area (Å²) in [6.45, 7) is 8.08. The Morgan fingerprint density at radius 1 is 1.40 bits per heavy atom. The molecule has 1 amide bonds. The second-order valence-corrected chi connectivity index (χ2v) is 5.02. The van der Waals surface area contributed by atoms with Crippen molar-refractivity contribution in [3.05, 3.63) is 0 Å². The molecule has 0 radical (unpaired) electrons. The van der Waals surface area contributed by atoms with Crippen LogP contribution >= 0.6 is 0 Å². The average molecular weight is 219 g/mol. The first-order valence-electron chi connectivity index (χ1n) is 5.09. The van der Waals surface area contributed by atoms with E-state index in [0.29, 0.717) is 0 Å². The van der Waals surface area contributed by atoms with Crippen LogP contribution in [0.3, 0.4) is 0 Å². The molecule has 4 heteroatoms. The van der Waals surface area contributed by atoms with Crippen LogP contribution in [0.2, 0.25) is 0 Å². The molecule has 0 bridgehead atoms. The van der Waals surface area contributed by atoms with E-state index < -0.39 is 17.7 Å². The van der Waals surface area contributed by atoms with Crippen LogP contribution in [0.5, 0.6) is 0 Å². The molecule has 0 aliphatic rings. The molecule has 3 nitrogen and oxygen atoms in total. The minimum atomic E-state index is -0.974. The highest BCUT2D eigenvalue weighted by Crippen LogP contribution is 2.19. The zero-order chi connectivity index (χ0) is 12.3. The Hall–Kier alpha value is -0.640. The van der Waals surface area contributed by atoms with Crippen LogP contribution in [-0.2, 0) is 9.53 Å². The zero-order valence-electron chi connectivity index (χ0n) is 10.5. The number of amides is 1. The number of ether oxygens (including phenoxy) is 1. The lowest BCUT2D eigenvalue weighted by atomic mass is 9.92. The summed E-state index contributed by atoms with van der Waals surface area (Å²) >= 11 is 0. The molecule has 0 aromatic carbocycles. The molecule has 15 heavy (non-hydrogen) atoms. The van der Waals surface area contributed by atoms with Crippen molar-refractivity contribution in [2.24, 2.45) is 5.41 Å². The number of methoxy groups -OCH3 is 1. The Morgan fingerprint density at radius 2 is 1.87 bits per heavy atom. The Labute approximate surface area is 91.4 Å². The lowest BCUT2D eigenvalue weighted by Crippen LogP contribution is -2.52. The van der Waals surface area contributed by atoms with Gasteiger partial charge in [-0.05, 0) is 34.6 Å². The van der Waals surface area contributed by atoms with Crippen molar-refractivity contribution in [3.8, 4) is 0 Å². The summed E-state index contributed by atoms with van der Waals surface area (Å²) in [5.41, 5.74) is -1.43. The fraction of sp³-hybridized carbons (Fsp3) is 0.909. The summed E-state index contributed by atoms with van der Waals surface area (Å²) in [5.74, 6) is -0.289. The van der Waals surface area contributed by atoms with Gasteiger partial charge in [0.1, 0.15) is 6.67 Å². The second kappa shape index (κ2) is 4.92. The average Bonchev–Trinajstić information content (AvgIpc) is 2.17. The third-order valence-corrected chi connectivity index (χ3v) is 2.87. The smallest absolute Gasteiger partial charge is 0.228 e. The number of rotatable bonds is 5. The predicted octanol–water partition coefficient (Wildman–Crippen LogP) is 1.91. The fourth-order valence-corrected chi connectivity index (χ4v) is 0.803. The fourth-order valence-electron chi connectivity index (χ4n) is 0.803. The predicted molar refractivity (Wildman–Crippen MR) is 58.4 cm³/mol. The number of hydrogen-bond donors (Lipinski definition) is 1. The molecular formula is C11H22FNO2. The van der Waals surface area contributed by atoms with E-state index in [1.54, 1.807) is 21.0 Å². The second-order valence-electron chi connectivity index (χ2n) is 5.02. The number of hydrogen-bond acceptors (Lipinski definition) is 2. The van der Waals surface area contributed by atoms with E-state index >= 15 is 0 Å². The number of carbonyl (C=O) groups is 1. The van der Waals surface area contributed by atoms with Crippen molar-refractivity contribution in [1.29, 1.82) is 0 Å². The molecular weight excluding hydrogens is 197 g/mol. The van der Waals surface area contributed by atoms with E-state index in [9.17, 15) is 9.18 Å². The molecule has 0 heterocycles. The van der Waals surface area contributed by atoms with E-state index in [1.807, 2.05) is 20.8 Å². The van der Waals surface area contributed by atoms with Gasteiger partial charge in [0.25, 0.3) is 0 Å². The van der Waals surface area contributed by atoms with E-state index in [2.05, 4.69) is 5.32 Å². The third kappa shape index (κ3) is 3.78. The minimum absolute atomic E-state index is 0.166. The highest BCUT2D eigenvalue weighted by atomic mass is 19.1. The SMILES string of the molecule is COC(C)(C)[C@@H](C)NC(=O)C(C)(C)CF. The first-order chi connectivity index (χ1) is 6.67. The van der Waals surface area contributed by atoms with Crippen molar-refractivity contribution < 1.29 is 13.9 Å². The van der Waals surface area contributed by atoms with E-state index in [0.717, 1.165) is 0 Å². The lowest BCUT2D eigenvalue weighted by molar-refractivity contribution is -0.133. The third-order valence-electron chi connectivity index (χ3n) is 2.87. The topological polar surface area (TPSA) is 38.3 Å². The molecule has 0 aliphatic heterocycles. The Balaban J connectivity index is 4.43. The van der Waals surface area contributed by atoms with Crippen LogP contribution in [0.25, 0.3) is 0 Å². The molecule has 1 N–H and O–H groups in total. The van der Waals surface area contributed by atoms with Gasteiger partial charge in [0, 0.05) is 7.11 Å². The highest BCUT2D eigenvalue weighted by Gasteiger charge is 2.33. The maximum atomic E-state index is 12.6. The minimum Gasteiger partial charge on any atom is -0.377 e. The normalized spacial score (nSPS) is 14.9. The molecule has 0 aromatic heterocycles. The molecule has 0 aromatic rings. The summed E-state index contributed by atoms with van der Waals surface area (Å²) in [7, 11) is 1.59. The molecule has 0 spiro atoms. The van der Waals surface area contributed by atoms with Crippen LogP contribution in [0.15, 0.2) is 0 Å². The van der Waals surface area contributed by atoms with Gasteiger partial charge in [-0.1, -0.05) is 0 Å². The highest BCUT2D eigenvalue weighted by molar-refractivity contribution is 5.82. The van der Waals surface area contributed by atoms with Crippen LogP contribution in [0.1, 0.15) is 34.6 Å². The lowest BCUT2D eigenvalue weighted by Gasteiger charge is -2.33. The molecule has 0 fully saturated rings. The maximum absolute atomic E-state index is 12.6. The standard InChI is InChI=1S/C11H22FNO2/c1-8(11(4,5)15-6)13-9(14)10(2,3)7-12/h8H,7H2,1-6H3,(H,13,14)/t8-/m1/s1. The van der Waals surface area contributed by atoms with Gasteiger partial charge in [0.05, 0.1) is 17.1 Å². The zero-order valence-corrected chi connectivity index (χ0v) is 10.5. The van der Waals surface area contributed by atoms with Gasteiger partial charge in [0.2, 0.25) is 5.91 Å². The number of halogens is 1. The number of alkyl halides is 1.